The van der Waals surface area contributed by atoms with Gasteiger partial charge >= 0.3 is 0 Å². The zero-order valence-corrected chi connectivity index (χ0v) is 17.0. The van der Waals surface area contributed by atoms with Gasteiger partial charge in [-0.25, -0.2) is 4.99 Å². The Morgan fingerprint density at radius 3 is 2.64 bits per heavy atom. The van der Waals surface area contributed by atoms with Crippen LogP contribution < -0.4 is 15.4 Å². The number of halogens is 1. The molecule has 0 spiro atoms. The van der Waals surface area contributed by atoms with Crippen molar-refractivity contribution in [3.8, 4) is 5.75 Å². The lowest BCUT2D eigenvalue weighted by molar-refractivity contribution is -0.119. The lowest BCUT2D eigenvalue weighted by atomic mass is 10.2. The van der Waals surface area contributed by atoms with Crippen LogP contribution in [-0.4, -0.2) is 61.3 Å². The number of methoxy groups -OCH3 is 1. The molecule has 7 nitrogen and oxygen atoms in total. The molecule has 1 aromatic rings. The van der Waals surface area contributed by atoms with Gasteiger partial charge in [-0.15, -0.1) is 24.0 Å². The Balaban J connectivity index is 0.00000312. The third kappa shape index (κ3) is 7.07. The monoisotopic (exact) mass is 462 g/mol. The second kappa shape index (κ2) is 11.1. The van der Waals surface area contributed by atoms with Crippen LogP contribution >= 0.6 is 24.0 Å². The van der Waals surface area contributed by atoms with Crippen molar-refractivity contribution in [2.24, 2.45) is 4.99 Å². The predicted octanol–water partition coefficient (Wildman–Crippen LogP) is 0.961. The van der Waals surface area contributed by atoms with Gasteiger partial charge < -0.3 is 25.4 Å². The van der Waals surface area contributed by atoms with Crippen molar-refractivity contribution in [2.45, 2.75) is 26.0 Å². The number of carbonyl (C=O) groups excluding carboxylic acids is 1. The van der Waals surface area contributed by atoms with Crippen LogP contribution in [-0.2, 0) is 11.3 Å². The lowest BCUT2D eigenvalue weighted by Gasteiger charge is -2.20. The summed E-state index contributed by atoms with van der Waals surface area (Å²) in [5.41, 5.74) is 1.00. The maximum atomic E-state index is 12.0. The first-order valence-corrected chi connectivity index (χ1v) is 8.23. The third-order valence-electron chi connectivity index (χ3n) is 3.82. The summed E-state index contributed by atoms with van der Waals surface area (Å²) in [6.07, 6.45) is 0.409. The maximum Gasteiger partial charge on any atom is 0.242 e. The minimum atomic E-state index is -0.322. The van der Waals surface area contributed by atoms with Crippen LogP contribution in [0.1, 0.15) is 18.9 Å². The first-order valence-electron chi connectivity index (χ1n) is 8.23. The highest BCUT2D eigenvalue weighted by molar-refractivity contribution is 14.0. The van der Waals surface area contributed by atoms with Gasteiger partial charge in [-0.05, 0) is 31.0 Å². The normalized spacial score (nSPS) is 17.0. The van der Waals surface area contributed by atoms with Gasteiger partial charge in [0.15, 0.2) is 5.96 Å². The number of hydrogen-bond acceptors (Lipinski definition) is 4. The van der Waals surface area contributed by atoms with E-state index in [1.807, 2.05) is 36.1 Å². The van der Waals surface area contributed by atoms with E-state index in [0.717, 1.165) is 30.8 Å². The molecule has 0 saturated carbocycles. The highest BCUT2D eigenvalue weighted by Gasteiger charge is 2.22. The zero-order valence-electron chi connectivity index (χ0n) is 14.7. The van der Waals surface area contributed by atoms with Crippen LogP contribution in [0.4, 0.5) is 0 Å². The molecule has 0 radical (unpaired) electrons. The van der Waals surface area contributed by atoms with E-state index < -0.39 is 0 Å². The SMILES string of the molecule is CCNC(=NCC(=O)NCc1ccc(OC)cc1)N1CC[C@@H](O)C1.I. The number of hydrogen-bond donors (Lipinski definition) is 3. The number of likely N-dealkylation sites (tertiary alicyclic amines) is 1. The number of nitrogens with zero attached hydrogens (tertiary/aromatic N) is 2. The highest BCUT2D eigenvalue weighted by Crippen LogP contribution is 2.11. The molecule has 3 N–H and O–H groups in total. The Morgan fingerprint density at radius 2 is 2.08 bits per heavy atom. The van der Waals surface area contributed by atoms with Gasteiger partial charge in [-0.2, -0.15) is 0 Å². The predicted molar refractivity (Wildman–Crippen MR) is 108 cm³/mol. The number of carbonyl (C=O) groups is 1. The number of rotatable bonds is 6. The summed E-state index contributed by atoms with van der Waals surface area (Å²) in [6, 6.07) is 7.55. The van der Waals surface area contributed by atoms with Crippen LogP contribution in [0.2, 0.25) is 0 Å². The van der Waals surface area contributed by atoms with Crippen molar-refractivity contribution in [2.75, 3.05) is 33.3 Å². The molecule has 140 valence electrons. The van der Waals surface area contributed by atoms with Gasteiger partial charge in [-0.3, -0.25) is 4.79 Å². The summed E-state index contributed by atoms with van der Waals surface area (Å²) >= 11 is 0. The van der Waals surface area contributed by atoms with Crippen molar-refractivity contribution in [1.29, 1.82) is 0 Å². The van der Waals surface area contributed by atoms with Gasteiger partial charge in [-0.1, -0.05) is 12.1 Å². The minimum Gasteiger partial charge on any atom is -0.497 e. The van der Waals surface area contributed by atoms with Crippen molar-refractivity contribution in [1.82, 2.24) is 15.5 Å². The van der Waals surface area contributed by atoms with Crippen LogP contribution in [0.5, 0.6) is 5.75 Å². The Bertz CT molecular complexity index is 566. The smallest absolute Gasteiger partial charge is 0.242 e. The minimum absolute atomic E-state index is 0. The van der Waals surface area contributed by atoms with Crippen molar-refractivity contribution in [3.05, 3.63) is 29.8 Å². The molecule has 25 heavy (non-hydrogen) atoms. The molecule has 2 rings (SSSR count). The van der Waals surface area contributed by atoms with Crippen LogP contribution in [0.15, 0.2) is 29.3 Å². The van der Waals surface area contributed by atoms with Crippen LogP contribution in [0.3, 0.4) is 0 Å². The fourth-order valence-corrected chi connectivity index (χ4v) is 2.51. The average Bonchev–Trinajstić information content (AvgIpc) is 3.03. The summed E-state index contributed by atoms with van der Waals surface area (Å²) < 4.78 is 5.10. The molecule has 0 bridgehead atoms. The maximum absolute atomic E-state index is 12.0. The Kier molecular flexibility index (Phi) is 9.58. The van der Waals surface area contributed by atoms with Crippen molar-refractivity contribution < 1.29 is 14.6 Å². The fourth-order valence-electron chi connectivity index (χ4n) is 2.51. The number of aliphatic hydroxyl groups excluding tert-OH is 1. The number of β-amino-alcohol motifs (C(OH)–C–C–N with tert-alkyl or cyclic N) is 1. The van der Waals surface area contributed by atoms with Crippen molar-refractivity contribution in [3.63, 3.8) is 0 Å². The third-order valence-corrected chi connectivity index (χ3v) is 3.82. The number of nitrogens with one attached hydrogen (secondary N) is 2. The number of aliphatic imine (C=N–C) groups is 1. The van der Waals surface area contributed by atoms with E-state index in [1.165, 1.54) is 0 Å². The van der Waals surface area contributed by atoms with Gasteiger partial charge in [0, 0.05) is 26.2 Å². The summed E-state index contributed by atoms with van der Waals surface area (Å²) in [6.45, 7) is 4.52. The largest absolute Gasteiger partial charge is 0.497 e. The zero-order chi connectivity index (χ0) is 17.4. The molecule has 0 aliphatic carbocycles. The number of amides is 1. The summed E-state index contributed by atoms with van der Waals surface area (Å²) in [5.74, 6) is 1.33. The van der Waals surface area contributed by atoms with Gasteiger partial charge in [0.05, 0.1) is 13.2 Å². The number of ether oxygens (including phenoxy) is 1. The summed E-state index contributed by atoms with van der Waals surface area (Å²) in [7, 11) is 1.62. The molecule has 1 amide bonds. The van der Waals surface area contributed by atoms with E-state index in [0.29, 0.717) is 19.0 Å². The fraction of sp³-hybridized carbons (Fsp3) is 0.529. The number of aliphatic hydroxyl groups is 1. The molecule has 1 atom stereocenters. The molecule has 0 aromatic heterocycles. The summed E-state index contributed by atoms with van der Waals surface area (Å²) in [5, 5.41) is 15.6. The van der Waals surface area contributed by atoms with Gasteiger partial charge in [0.1, 0.15) is 12.3 Å². The van der Waals surface area contributed by atoms with E-state index in [-0.39, 0.29) is 42.5 Å². The van der Waals surface area contributed by atoms with E-state index in [1.54, 1.807) is 7.11 Å². The summed E-state index contributed by atoms with van der Waals surface area (Å²) in [4.78, 5) is 18.3. The van der Waals surface area contributed by atoms with E-state index in [9.17, 15) is 9.90 Å². The topological polar surface area (TPSA) is 86.2 Å². The molecule has 1 saturated heterocycles. The molecule has 1 fully saturated rings. The van der Waals surface area contributed by atoms with E-state index in [4.69, 9.17) is 4.74 Å². The Morgan fingerprint density at radius 1 is 1.36 bits per heavy atom. The molecule has 1 aliphatic rings. The first kappa shape index (κ1) is 21.5. The Labute approximate surface area is 165 Å². The molecular formula is C17H27IN4O3. The standard InChI is InChI=1S/C17H26N4O3.HI/c1-3-18-17(21-9-8-14(22)12-21)20-11-16(23)19-10-13-4-6-15(24-2)7-5-13;/h4-7,14,22H,3,8-12H2,1-2H3,(H,18,20)(H,19,23);1H/t14-;/m1./s1. The van der Waals surface area contributed by atoms with E-state index in [2.05, 4.69) is 15.6 Å². The van der Waals surface area contributed by atoms with E-state index >= 15 is 0 Å². The average molecular weight is 462 g/mol. The quantitative estimate of drug-likeness (QED) is 0.333. The Hall–Kier alpha value is -1.55. The highest BCUT2D eigenvalue weighted by atomic mass is 127. The lowest BCUT2D eigenvalue weighted by Crippen LogP contribution is -2.41. The molecule has 8 heteroatoms. The molecule has 0 unspecified atom stereocenters. The molecular weight excluding hydrogens is 435 g/mol. The van der Waals surface area contributed by atoms with Gasteiger partial charge in [0.25, 0.3) is 0 Å². The number of guanidine groups is 1. The molecule has 1 heterocycles. The van der Waals surface area contributed by atoms with Crippen LogP contribution in [0, 0.1) is 0 Å². The van der Waals surface area contributed by atoms with Crippen molar-refractivity contribution >= 4 is 35.8 Å². The molecule has 1 aliphatic heterocycles. The first-order chi connectivity index (χ1) is 11.6. The van der Waals surface area contributed by atoms with Gasteiger partial charge in [0.2, 0.25) is 5.91 Å². The second-order valence-electron chi connectivity index (χ2n) is 5.68. The second-order valence-corrected chi connectivity index (χ2v) is 5.68. The number of benzene rings is 1. The van der Waals surface area contributed by atoms with Crippen LogP contribution in [0.25, 0.3) is 0 Å². The molecule has 1 aromatic carbocycles.